The van der Waals surface area contributed by atoms with Crippen molar-refractivity contribution in [1.82, 2.24) is 14.5 Å². The van der Waals surface area contributed by atoms with Crippen LogP contribution in [0.5, 0.6) is 0 Å². The predicted molar refractivity (Wildman–Crippen MR) is 258 cm³/mol. The van der Waals surface area contributed by atoms with Crippen molar-refractivity contribution >= 4 is 46.2 Å². The van der Waals surface area contributed by atoms with E-state index in [-0.39, 0.29) is 25.5 Å². The summed E-state index contributed by atoms with van der Waals surface area (Å²) in [4.78, 5) is 9.72. The van der Waals surface area contributed by atoms with Gasteiger partial charge in [0.2, 0.25) is 0 Å². The van der Waals surface area contributed by atoms with Gasteiger partial charge in [-0.2, -0.15) is 0 Å². The first kappa shape index (κ1) is 38.7. The Hall–Kier alpha value is -6.17. The molecule has 1 radical (unpaired) electrons. The molecule has 0 aliphatic rings. The largest absolute Gasteiger partial charge is 0.501 e. The number of imidazole rings is 1. The molecule has 6 heteroatoms. The van der Waals surface area contributed by atoms with Crippen LogP contribution in [-0.2, 0) is 25.5 Å². The molecule has 309 valence electrons. The second-order valence-electron chi connectivity index (χ2n) is 17.6. The Bertz CT molecular complexity index is 3260. The van der Waals surface area contributed by atoms with Crippen LogP contribution >= 0.6 is 0 Å². The maximum absolute atomic E-state index is 7.71. The zero-order valence-electron chi connectivity index (χ0n) is 38.7. The number of hydrogen-bond donors (Lipinski definition) is 0. The van der Waals surface area contributed by atoms with Crippen LogP contribution in [0.2, 0.25) is 19.6 Å². The molecule has 10 rings (SSSR count). The Morgan fingerprint density at radius 3 is 2.15 bits per heavy atom. The van der Waals surface area contributed by atoms with Crippen LogP contribution < -0.4 is 5.19 Å². The molecule has 0 saturated heterocycles. The predicted octanol–water partition coefficient (Wildman–Crippen LogP) is 14.4. The number of aromatic nitrogens is 3. The van der Waals surface area contributed by atoms with Crippen molar-refractivity contribution in [3.63, 3.8) is 0 Å². The van der Waals surface area contributed by atoms with Crippen LogP contribution in [-0.4, -0.2) is 22.6 Å². The zero-order chi connectivity index (χ0) is 44.8. The van der Waals surface area contributed by atoms with Crippen LogP contribution in [0.1, 0.15) is 36.0 Å². The minimum atomic E-state index is -2.14. The Kier molecular flexibility index (Phi) is 10.8. The average Bonchev–Trinajstić information content (AvgIpc) is 3.87. The van der Waals surface area contributed by atoms with Gasteiger partial charge in [0.05, 0.1) is 30.5 Å². The van der Waals surface area contributed by atoms with Gasteiger partial charge >= 0.3 is 0 Å². The molecule has 7 aromatic carbocycles. The topological polar surface area (TPSA) is 43.9 Å². The van der Waals surface area contributed by atoms with Gasteiger partial charge < -0.3 is 14.0 Å². The van der Waals surface area contributed by atoms with Crippen molar-refractivity contribution in [1.29, 1.82) is 0 Å². The van der Waals surface area contributed by atoms with Gasteiger partial charge in [0, 0.05) is 47.1 Å². The Morgan fingerprint density at radius 2 is 1.44 bits per heavy atom. The van der Waals surface area contributed by atoms with E-state index in [1.807, 2.05) is 85.1 Å². The molecule has 0 saturated carbocycles. The first-order valence-electron chi connectivity index (χ1n) is 22.2. The third kappa shape index (κ3) is 8.51. The summed E-state index contributed by atoms with van der Waals surface area (Å²) < 4.78 is 32.0. The summed E-state index contributed by atoms with van der Waals surface area (Å²) in [5, 5.41) is 3.37. The summed E-state index contributed by atoms with van der Waals surface area (Å²) in [6, 6.07) is 61.6. The van der Waals surface area contributed by atoms with Crippen LogP contribution in [0.15, 0.2) is 174 Å². The van der Waals surface area contributed by atoms with E-state index in [0.717, 1.165) is 78.0 Å². The van der Waals surface area contributed by atoms with E-state index in [4.69, 9.17) is 13.5 Å². The fourth-order valence-corrected chi connectivity index (χ4v) is 8.82. The number of fused-ring (bicyclic) bond motifs is 4. The minimum absolute atomic E-state index is 0. The summed E-state index contributed by atoms with van der Waals surface area (Å²) in [7, 11) is -1.23. The van der Waals surface area contributed by atoms with Gasteiger partial charge in [0.25, 0.3) is 0 Å². The molecule has 0 bridgehead atoms. The molecule has 4 nitrogen and oxygen atoms in total. The van der Waals surface area contributed by atoms with Crippen molar-refractivity contribution in [2.45, 2.75) is 52.7 Å². The molecule has 0 amide bonds. The molecule has 0 atom stereocenters. The van der Waals surface area contributed by atoms with E-state index in [1.54, 1.807) is 12.1 Å². The maximum Gasteiger partial charge on any atom is 0.121 e. The number of hydrogen-bond acceptors (Lipinski definition) is 3. The van der Waals surface area contributed by atoms with E-state index in [2.05, 4.69) is 135 Å². The quantitative estimate of drug-likeness (QED) is 0.123. The summed E-state index contributed by atoms with van der Waals surface area (Å²) >= 11 is 0. The monoisotopic (exact) mass is 1000 g/mol. The van der Waals surface area contributed by atoms with Gasteiger partial charge in [0.1, 0.15) is 5.58 Å². The molecule has 0 fully saturated rings. The van der Waals surface area contributed by atoms with E-state index in [9.17, 15) is 0 Å². The SMILES string of the molecule is C[Si](C)(C)c1ccc(-c2[c-]cccc2)nc1.[2H]C([2H])([2H])c1ccc(-c2ccc3c(c2)oc2c(-c4nc5ccccc5n4-c4ccc(C(C)(C)C)cc4-c4ccccc4)[c-]ccc23)cc1.[Ir]. The first-order valence-corrected chi connectivity index (χ1v) is 24.2. The van der Waals surface area contributed by atoms with Gasteiger partial charge in [-0.25, -0.2) is 0 Å². The van der Waals surface area contributed by atoms with Crippen LogP contribution in [0.3, 0.4) is 0 Å². The minimum Gasteiger partial charge on any atom is -0.501 e. The fraction of sp³-hybridized carbons (Fsp3) is 0.143. The van der Waals surface area contributed by atoms with Gasteiger partial charge in [-0.15, -0.1) is 54.1 Å². The first-order chi connectivity index (χ1) is 30.6. The summed E-state index contributed by atoms with van der Waals surface area (Å²) in [5.74, 6) is 0.752. The van der Waals surface area contributed by atoms with E-state index >= 15 is 0 Å². The molecule has 0 spiro atoms. The van der Waals surface area contributed by atoms with Crippen LogP contribution in [0.4, 0.5) is 0 Å². The normalized spacial score (nSPS) is 12.6. The molecule has 0 N–H and O–H groups in total. The Balaban J connectivity index is 0.000000287. The number of furan rings is 1. The van der Waals surface area contributed by atoms with Gasteiger partial charge in [-0.05, 0) is 75.7 Å². The molecule has 62 heavy (non-hydrogen) atoms. The molecular formula is C56H49IrN3OSi-2. The van der Waals surface area contributed by atoms with Gasteiger partial charge in [0.15, 0.2) is 0 Å². The molecular weight excluding hydrogens is 951 g/mol. The Morgan fingerprint density at radius 1 is 0.677 bits per heavy atom. The zero-order valence-corrected chi connectivity index (χ0v) is 39.1. The summed E-state index contributed by atoms with van der Waals surface area (Å²) in [6.45, 7) is 11.6. The summed E-state index contributed by atoms with van der Waals surface area (Å²) in [5.41, 5.74) is 12.9. The molecule has 3 aromatic heterocycles. The standard InChI is InChI=1S/C42H33N2O.C14H16NSi.Ir/c1-27-17-19-28(20-18-27)30-21-23-32-33-13-10-14-34(40(33)45-39(32)25-30)41-43-36-15-8-9-16-38(36)44(41)37-24-22-31(42(2,3)4)26-35(37)29-11-6-5-7-12-29;1-16(2,3)13-9-10-14(15-11-13)12-7-5-4-6-8-12;/h5-13,15-26H,1-4H3;4-7,9-11H,1-3H3;/q2*-1;/i1D3;;. The van der Waals surface area contributed by atoms with Crippen molar-refractivity contribution in [3.05, 3.63) is 193 Å². The molecule has 10 aromatic rings. The van der Waals surface area contributed by atoms with Crippen molar-refractivity contribution in [2.75, 3.05) is 0 Å². The molecule has 3 heterocycles. The molecule has 0 aliphatic heterocycles. The average molecular weight is 1000 g/mol. The number of pyridine rings is 1. The van der Waals surface area contributed by atoms with Crippen molar-refractivity contribution < 1.29 is 28.6 Å². The number of para-hydroxylation sites is 2. The van der Waals surface area contributed by atoms with E-state index in [1.165, 1.54) is 10.8 Å². The summed E-state index contributed by atoms with van der Waals surface area (Å²) in [6.07, 6.45) is 2.02. The number of aryl methyl sites for hydroxylation is 1. The third-order valence-electron chi connectivity index (χ3n) is 11.2. The second-order valence-corrected chi connectivity index (χ2v) is 22.6. The second kappa shape index (κ2) is 17.3. The van der Waals surface area contributed by atoms with Crippen LogP contribution in [0.25, 0.3) is 83.6 Å². The van der Waals surface area contributed by atoms with E-state index in [0.29, 0.717) is 11.1 Å². The number of nitrogens with zero attached hydrogens (tertiary/aromatic N) is 3. The number of benzene rings is 7. The van der Waals surface area contributed by atoms with Crippen molar-refractivity contribution in [3.8, 4) is 50.6 Å². The van der Waals surface area contributed by atoms with Crippen molar-refractivity contribution in [2.24, 2.45) is 0 Å². The van der Waals surface area contributed by atoms with E-state index < -0.39 is 14.9 Å². The third-order valence-corrected chi connectivity index (χ3v) is 13.3. The maximum atomic E-state index is 7.71. The Labute approximate surface area is 383 Å². The smallest absolute Gasteiger partial charge is 0.121 e. The van der Waals surface area contributed by atoms with Gasteiger partial charge in [-0.3, -0.25) is 4.98 Å². The number of rotatable bonds is 6. The molecule has 0 aliphatic carbocycles. The van der Waals surface area contributed by atoms with Gasteiger partial charge in [-0.1, -0.05) is 154 Å². The molecule has 0 unspecified atom stereocenters. The fourth-order valence-electron chi connectivity index (χ4n) is 7.78. The van der Waals surface area contributed by atoms with Crippen LogP contribution in [0, 0.1) is 19.0 Å².